The first-order valence-corrected chi connectivity index (χ1v) is 9.00. The summed E-state index contributed by atoms with van der Waals surface area (Å²) in [5.74, 6) is 0. The van der Waals surface area contributed by atoms with E-state index in [-0.39, 0.29) is 24.7 Å². The minimum Gasteiger partial charge on any atom is -0.396 e. The molecular formula is C19H31N3O2. The summed E-state index contributed by atoms with van der Waals surface area (Å²) in [6.45, 7) is 5.12. The lowest BCUT2D eigenvalue weighted by Crippen LogP contribution is -2.52. The quantitative estimate of drug-likeness (QED) is 0.806. The second-order valence-corrected chi connectivity index (χ2v) is 6.84. The smallest absolute Gasteiger partial charge is 0.317 e. The van der Waals surface area contributed by atoms with Crippen LogP contribution in [0.1, 0.15) is 38.2 Å². The Morgan fingerprint density at radius 2 is 2.17 bits per heavy atom. The van der Waals surface area contributed by atoms with Crippen LogP contribution >= 0.6 is 0 Å². The summed E-state index contributed by atoms with van der Waals surface area (Å²) >= 11 is 0. The highest BCUT2D eigenvalue weighted by Crippen LogP contribution is 2.17. The lowest BCUT2D eigenvalue weighted by Gasteiger charge is -2.38. The Kier molecular flexibility index (Phi) is 7.53. The number of piperidine rings is 1. The molecule has 1 aliphatic rings. The highest BCUT2D eigenvalue weighted by molar-refractivity contribution is 5.74. The molecule has 0 radical (unpaired) electrons. The van der Waals surface area contributed by atoms with Gasteiger partial charge in [-0.25, -0.2) is 4.79 Å². The van der Waals surface area contributed by atoms with Gasteiger partial charge in [-0.2, -0.15) is 0 Å². The maximum atomic E-state index is 12.4. The van der Waals surface area contributed by atoms with E-state index < -0.39 is 0 Å². The first kappa shape index (κ1) is 18.7. The van der Waals surface area contributed by atoms with Crippen LogP contribution < -0.4 is 5.32 Å². The molecular weight excluding hydrogens is 302 g/mol. The molecule has 5 nitrogen and oxygen atoms in total. The molecule has 2 atom stereocenters. The number of carbonyl (C=O) groups is 1. The maximum Gasteiger partial charge on any atom is 0.317 e. The van der Waals surface area contributed by atoms with Crippen LogP contribution in [0.2, 0.25) is 0 Å². The number of carbonyl (C=O) groups excluding carboxylic acids is 1. The van der Waals surface area contributed by atoms with Crippen molar-refractivity contribution in [3.8, 4) is 0 Å². The normalized spacial score (nSPS) is 19.7. The summed E-state index contributed by atoms with van der Waals surface area (Å²) in [5.41, 5.74) is 1.32. The molecule has 1 aliphatic heterocycles. The molecule has 2 amide bonds. The van der Waals surface area contributed by atoms with Crippen molar-refractivity contribution in [2.45, 2.75) is 51.2 Å². The molecule has 2 unspecified atom stereocenters. The number of nitrogens with one attached hydrogen (secondary N) is 1. The molecule has 0 saturated carbocycles. The summed E-state index contributed by atoms with van der Waals surface area (Å²) in [7, 11) is 1.89. The van der Waals surface area contributed by atoms with Gasteiger partial charge < -0.3 is 15.3 Å². The molecule has 1 fully saturated rings. The Labute approximate surface area is 145 Å². The molecule has 2 rings (SSSR count). The third kappa shape index (κ3) is 5.80. The summed E-state index contributed by atoms with van der Waals surface area (Å²) < 4.78 is 0. The number of urea groups is 1. The van der Waals surface area contributed by atoms with Crippen LogP contribution in [-0.2, 0) is 6.54 Å². The molecule has 5 heteroatoms. The van der Waals surface area contributed by atoms with Gasteiger partial charge in [0.15, 0.2) is 0 Å². The van der Waals surface area contributed by atoms with Gasteiger partial charge >= 0.3 is 6.03 Å². The maximum absolute atomic E-state index is 12.4. The molecule has 134 valence electrons. The van der Waals surface area contributed by atoms with Gasteiger partial charge in [0.05, 0.1) is 0 Å². The van der Waals surface area contributed by atoms with Crippen molar-refractivity contribution >= 4 is 6.03 Å². The molecule has 1 saturated heterocycles. The largest absolute Gasteiger partial charge is 0.396 e. The molecule has 0 aromatic heterocycles. The van der Waals surface area contributed by atoms with Crippen LogP contribution in [0.25, 0.3) is 0 Å². The summed E-state index contributed by atoms with van der Waals surface area (Å²) in [6.07, 6.45) is 3.70. The van der Waals surface area contributed by atoms with Gasteiger partial charge in [-0.15, -0.1) is 0 Å². The van der Waals surface area contributed by atoms with Crippen molar-refractivity contribution in [3.05, 3.63) is 35.9 Å². The molecule has 1 aromatic rings. The Morgan fingerprint density at radius 3 is 2.88 bits per heavy atom. The van der Waals surface area contributed by atoms with E-state index in [9.17, 15) is 4.79 Å². The Morgan fingerprint density at radius 1 is 1.42 bits per heavy atom. The Bertz CT molecular complexity index is 495. The third-order valence-corrected chi connectivity index (χ3v) is 4.76. The number of nitrogens with zero attached hydrogens (tertiary/aromatic N) is 2. The molecule has 0 spiro atoms. The first-order chi connectivity index (χ1) is 11.6. The van der Waals surface area contributed by atoms with Crippen molar-refractivity contribution in [2.75, 3.05) is 26.7 Å². The van der Waals surface area contributed by atoms with Gasteiger partial charge in [-0.3, -0.25) is 4.90 Å². The number of rotatable bonds is 7. The number of likely N-dealkylation sites (N-methyl/N-ethyl adjacent to an activating group) is 1. The molecule has 2 N–H and O–H groups in total. The predicted octanol–water partition coefficient (Wildman–Crippen LogP) is 2.45. The van der Waals surface area contributed by atoms with E-state index in [2.05, 4.69) is 34.5 Å². The zero-order chi connectivity index (χ0) is 17.4. The second-order valence-electron chi connectivity index (χ2n) is 6.84. The van der Waals surface area contributed by atoms with Crippen molar-refractivity contribution in [3.63, 3.8) is 0 Å². The van der Waals surface area contributed by atoms with Crippen LogP contribution in [0.3, 0.4) is 0 Å². The SMILES string of the molecule is CC(CCCO)NC(=O)N(C)C1CCCN(Cc2ccccc2)C1. The molecule has 1 heterocycles. The van der Waals surface area contributed by atoms with E-state index in [1.54, 1.807) is 0 Å². The minimum atomic E-state index is -0.00741. The fourth-order valence-electron chi connectivity index (χ4n) is 3.28. The van der Waals surface area contributed by atoms with Gasteiger partial charge in [0.2, 0.25) is 0 Å². The van der Waals surface area contributed by atoms with Crippen LogP contribution in [0.15, 0.2) is 30.3 Å². The average molecular weight is 333 g/mol. The van der Waals surface area contributed by atoms with E-state index in [1.165, 1.54) is 5.56 Å². The van der Waals surface area contributed by atoms with Gasteiger partial charge in [0.25, 0.3) is 0 Å². The monoisotopic (exact) mass is 333 g/mol. The molecule has 0 bridgehead atoms. The molecule has 1 aromatic carbocycles. The second kappa shape index (κ2) is 9.64. The Hall–Kier alpha value is -1.59. The van der Waals surface area contributed by atoms with Gasteiger partial charge in [-0.05, 0) is 44.7 Å². The average Bonchev–Trinajstić information content (AvgIpc) is 2.60. The number of amides is 2. The Balaban J connectivity index is 1.83. The third-order valence-electron chi connectivity index (χ3n) is 4.76. The van der Waals surface area contributed by atoms with E-state index in [4.69, 9.17) is 5.11 Å². The standard InChI is InChI=1S/C19H31N3O2/c1-16(8-7-13-23)20-19(24)21(2)18-11-6-12-22(15-18)14-17-9-4-3-5-10-17/h3-5,9-10,16,18,23H,6-8,11-15H2,1-2H3,(H,20,24). The van der Waals surface area contributed by atoms with E-state index in [0.717, 1.165) is 45.3 Å². The van der Waals surface area contributed by atoms with Crippen LogP contribution in [0.4, 0.5) is 4.79 Å². The number of benzene rings is 1. The molecule has 24 heavy (non-hydrogen) atoms. The van der Waals surface area contributed by atoms with Crippen LogP contribution in [0, 0.1) is 0 Å². The number of aliphatic hydroxyl groups excluding tert-OH is 1. The van der Waals surface area contributed by atoms with E-state index in [0.29, 0.717) is 0 Å². The lowest BCUT2D eigenvalue weighted by atomic mass is 10.0. The van der Waals surface area contributed by atoms with Crippen LogP contribution in [0.5, 0.6) is 0 Å². The number of aliphatic hydroxyl groups is 1. The number of hydrogen-bond acceptors (Lipinski definition) is 3. The van der Waals surface area contributed by atoms with Gasteiger partial charge in [0, 0.05) is 38.8 Å². The zero-order valence-electron chi connectivity index (χ0n) is 14.9. The lowest BCUT2D eigenvalue weighted by molar-refractivity contribution is 0.120. The summed E-state index contributed by atoms with van der Waals surface area (Å²) in [5, 5.41) is 11.9. The fraction of sp³-hybridized carbons (Fsp3) is 0.632. The predicted molar refractivity (Wildman–Crippen MR) is 96.8 cm³/mol. The van der Waals surface area contributed by atoms with Crippen molar-refractivity contribution < 1.29 is 9.90 Å². The van der Waals surface area contributed by atoms with Gasteiger partial charge in [0.1, 0.15) is 0 Å². The van der Waals surface area contributed by atoms with E-state index in [1.807, 2.05) is 24.9 Å². The highest BCUT2D eigenvalue weighted by atomic mass is 16.3. The van der Waals surface area contributed by atoms with E-state index >= 15 is 0 Å². The first-order valence-electron chi connectivity index (χ1n) is 9.00. The van der Waals surface area contributed by atoms with Crippen molar-refractivity contribution in [1.29, 1.82) is 0 Å². The minimum absolute atomic E-state index is 0.00741. The van der Waals surface area contributed by atoms with Crippen molar-refractivity contribution in [2.24, 2.45) is 0 Å². The number of likely N-dealkylation sites (tertiary alicyclic amines) is 1. The highest BCUT2D eigenvalue weighted by Gasteiger charge is 2.26. The molecule has 0 aliphatic carbocycles. The zero-order valence-corrected chi connectivity index (χ0v) is 14.9. The van der Waals surface area contributed by atoms with Crippen molar-refractivity contribution in [1.82, 2.24) is 15.1 Å². The fourth-order valence-corrected chi connectivity index (χ4v) is 3.28. The summed E-state index contributed by atoms with van der Waals surface area (Å²) in [4.78, 5) is 16.7. The summed E-state index contributed by atoms with van der Waals surface area (Å²) in [6, 6.07) is 10.8. The van der Waals surface area contributed by atoms with Gasteiger partial charge in [-0.1, -0.05) is 30.3 Å². The van der Waals surface area contributed by atoms with Crippen LogP contribution in [-0.4, -0.2) is 59.8 Å². The number of hydrogen-bond donors (Lipinski definition) is 2. The topological polar surface area (TPSA) is 55.8 Å².